The van der Waals surface area contributed by atoms with Gasteiger partial charge in [0.05, 0.1) is 20.3 Å². The fraction of sp³-hybridized carbons (Fsp3) is 0.636. The zero-order valence-electron chi connectivity index (χ0n) is 16.6. The van der Waals surface area contributed by atoms with E-state index in [2.05, 4.69) is 12.1 Å². The van der Waals surface area contributed by atoms with Crippen molar-refractivity contribution in [2.24, 2.45) is 5.92 Å². The maximum absolute atomic E-state index is 13.2. The van der Waals surface area contributed by atoms with Crippen molar-refractivity contribution in [3.8, 4) is 5.75 Å². The van der Waals surface area contributed by atoms with E-state index in [0.29, 0.717) is 45.2 Å². The van der Waals surface area contributed by atoms with Gasteiger partial charge in [-0.15, -0.1) is 0 Å². The molecule has 1 aliphatic carbocycles. The number of ether oxygens (including phenoxy) is 2. The summed E-state index contributed by atoms with van der Waals surface area (Å²) in [6.45, 7) is 3.14. The topological polar surface area (TPSA) is 59.1 Å². The first-order valence-electron chi connectivity index (χ1n) is 10.5. The van der Waals surface area contributed by atoms with E-state index in [1.165, 1.54) is 18.4 Å². The number of hydrogen-bond acceptors (Lipinski definition) is 4. The Kier molecular flexibility index (Phi) is 5.85. The molecule has 3 aliphatic rings. The second-order valence-electron chi connectivity index (χ2n) is 8.10. The predicted octanol–water partition coefficient (Wildman–Crippen LogP) is 2.43. The standard InChI is InChI=1S/C22H30N2O4/c1-27-18-8-6-17(7-9-18)19(16-4-5-16)15-21(25)24-10-2-3-20(24)22(26)23-11-13-28-14-12-23/h6-9,16,19-20H,2-5,10-15H2,1H3/t19?,20-/m0/s1. The molecule has 4 rings (SSSR count). The molecule has 0 aromatic heterocycles. The van der Waals surface area contributed by atoms with Crippen LogP contribution in [0.2, 0.25) is 0 Å². The Morgan fingerprint density at radius 1 is 1.11 bits per heavy atom. The highest BCUT2D eigenvalue weighted by molar-refractivity contribution is 5.88. The van der Waals surface area contributed by atoms with Crippen LogP contribution < -0.4 is 4.74 Å². The molecule has 152 valence electrons. The molecule has 1 unspecified atom stereocenters. The molecule has 6 heteroatoms. The fourth-order valence-electron chi connectivity index (χ4n) is 4.53. The molecule has 0 N–H and O–H groups in total. The van der Waals surface area contributed by atoms with Crippen LogP contribution >= 0.6 is 0 Å². The zero-order chi connectivity index (χ0) is 19.5. The minimum atomic E-state index is -0.290. The van der Waals surface area contributed by atoms with Crippen LogP contribution in [-0.4, -0.2) is 67.6 Å². The van der Waals surface area contributed by atoms with Gasteiger partial charge in [-0.05, 0) is 55.2 Å². The first-order chi connectivity index (χ1) is 13.7. The van der Waals surface area contributed by atoms with Gasteiger partial charge < -0.3 is 19.3 Å². The summed E-state index contributed by atoms with van der Waals surface area (Å²) in [6.07, 6.45) is 4.53. The van der Waals surface area contributed by atoms with Crippen molar-refractivity contribution in [3.63, 3.8) is 0 Å². The SMILES string of the molecule is COc1ccc(C(CC(=O)N2CCC[C@H]2C(=O)N2CCOCC2)C2CC2)cc1. The van der Waals surface area contributed by atoms with Gasteiger partial charge in [0.2, 0.25) is 11.8 Å². The van der Waals surface area contributed by atoms with Crippen LogP contribution in [0.5, 0.6) is 5.75 Å². The van der Waals surface area contributed by atoms with Gasteiger partial charge in [-0.2, -0.15) is 0 Å². The molecule has 6 nitrogen and oxygen atoms in total. The Morgan fingerprint density at radius 3 is 2.46 bits per heavy atom. The first-order valence-corrected chi connectivity index (χ1v) is 10.5. The molecule has 2 saturated heterocycles. The summed E-state index contributed by atoms with van der Waals surface area (Å²) in [5.74, 6) is 1.87. The maximum Gasteiger partial charge on any atom is 0.245 e. The molecular formula is C22H30N2O4. The van der Waals surface area contributed by atoms with Gasteiger partial charge in [-0.3, -0.25) is 9.59 Å². The molecule has 0 spiro atoms. The van der Waals surface area contributed by atoms with Crippen molar-refractivity contribution in [1.29, 1.82) is 0 Å². The molecular weight excluding hydrogens is 356 g/mol. The summed E-state index contributed by atoms with van der Waals surface area (Å²) in [5, 5.41) is 0. The number of methoxy groups -OCH3 is 1. The van der Waals surface area contributed by atoms with Crippen molar-refractivity contribution in [2.45, 2.75) is 44.1 Å². The Bertz CT molecular complexity index is 695. The summed E-state index contributed by atoms with van der Waals surface area (Å²) < 4.78 is 10.6. The van der Waals surface area contributed by atoms with E-state index in [1.807, 2.05) is 21.9 Å². The number of nitrogens with zero attached hydrogens (tertiary/aromatic N) is 2. The summed E-state index contributed by atoms with van der Waals surface area (Å²) in [7, 11) is 1.66. The van der Waals surface area contributed by atoms with Gasteiger partial charge >= 0.3 is 0 Å². The number of hydrogen-bond donors (Lipinski definition) is 0. The second-order valence-corrected chi connectivity index (χ2v) is 8.10. The average Bonchev–Trinajstić information content (AvgIpc) is 3.47. The quantitative estimate of drug-likeness (QED) is 0.753. The maximum atomic E-state index is 13.2. The first kappa shape index (κ1) is 19.2. The number of carbonyl (C=O) groups is 2. The van der Waals surface area contributed by atoms with Crippen LogP contribution in [0.3, 0.4) is 0 Å². The largest absolute Gasteiger partial charge is 0.497 e. The van der Waals surface area contributed by atoms with E-state index in [0.717, 1.165) is 18.6 Å². The van der Waals surface area contributed by atoms with Gasteiger partial charge in [0.25, 0.3) is 0 Å². The minimum Gasteiger partial charge on any atom is -0.497 e. The Balaban J connectivity index is 1.43. The Labute approximate surface area is 166 Å². The summed E-state index contributed by atoms with van der Waals surface area (Å²) in [6, 6.07) is 7.80. The number of amides is 2. The van der Waals surface area contributed by atoms with Gasteiger partial charge in [-0.25, -0.2) is 0 Å². The summed E-state index contributed by atoms with van der Waals surface area (Å²) in [5.41, 5.74) is 1.20. The van der Waals surface area contributed by atoms with Crippen LogP contribution in [0, 0.1) is 5.92 Å². The molecule has 3 fully saturated rings. The lowest BCUT2D eigenvalue weighted by molar-refractivity contribution is -0.146. The van der Waals surface area contributed by atoms with E-state index in [1.54, 1.807) is 7.11 Å². The predicted molar refractivity (Wildman–Crippen MR) is 105 cm³/mol. The molecule has 1 saturated carbocycles. The molecule has 2 heterocycles. The third-order valence-electron chi connectivity index (χ3n) is 6.31. The van der Waals surface area contributed by atoms with Gasteiger partial charge in [0.15, 0.2) is 0 Å². The molecule has 2 aliphatic heterocycles. The highest BCUT2D eigenvalue weighted by Gasteiger charge is 2.40. The van der Waals surface area contributed by atoms with Crippen LogP contribution in [0.25, 0.3) is 0 Å². The van der Waals surface area contributed by atoms with Crippen LogP contribution in [-0.2, 0) is 14.3 Å². The molecule has 0 radical (unpaired) electrons. The van der Waals surface area contributed by atoms with Crippen molar-refractivity contribution >= 4 is 11.8 Å². The van der Waals surface area contributed by atoms with E-state index < -0.39 is 0 Å². The van der Waals surface area contributed by atoms with Gasteiger partial charge in [0.1, 0.15) is 11.8 Å². The number of carbonyl (C=O) groups excluding carboxylic acids is 2. The van der Waals surface area contributed by atoms with Crippen LogP contribution in [0.1, 0.15) is 43.6 Å². The van der Waals surface area contributed by atoms with E-state index in [4.69, 9.17) is 9.47 Å². The number of rotatable bonds is 6. The monoisotopic (exact) mass is 386 g/mol. The van der Waals surface area contributed by atoms with Crippen molar-refractivity contribution in [1.82, 2.24) is 9.80 Å². The van der Waals surface area contributed by atoms with Crippen LogP contribution in [0.15, 0.2) is 24.3 Å². The highest BCUT2D eigenvalue weighted by atomic mass is 16.5. The molecule has 1 aromatic rings. The average molecular weight is 386 g/mol. The Hall–Kier alpha value is -2.08. The van der Waals surface area contributed by atoms with Gasteiger partial charge in [0, 0.05) is 26.1 Å². The van der Waals surface area contributed by atoms with Crippen molar-refractivity contribution in [2.75, 3.05) is 40.0 Å². The molecule has 28 heavy (non-hydrogen) atoms. The lowest BCUT2D eigenvalue weighted by Gasteiger charge is -2.33. The number of morpholine rings is 1. The molecule has 2 amide bonds. The third kappa shape index (κ3) is 4.17. The lowest BCUT2D eigenvalue weighted by Crippen LogP contribution is -2.51. The zero-order valence-corrected chi connectivity index (χ0v) is 16.6. The third-order valence-corrected chi connectivity index (χ3v) is 6.31. The van der Waals surface area contributed by atoms with Crippen molar-refractivity contribution < 1.29 is 19.1 Å². The Morgan fingerprint density at radius 2 is 1.82 bits per heavy atom. The van der Waals surface area contributed by atoms with Gasteiger partial charge in [-0.1, -0.05) is 12.1 Å². The lowest BCUT2D eigenvalue weighted by atomic mass is 9.90. The van der Waals surface area contributed by atoms with Crippen molar-refractivity contribution in [3.05, 3.63) is 29.8 Å². The van der Waals surface area contributed by atoms with E-state index >= 15 is 0 Å². The minimum absolute atomic E-state index is 0.0987. The fourth-order valence-corrected chi connectivity index (χ4v) is 4.53. The second kappa shape index (κ2) is 8.52. The molecule has 0 bridgehead atoms. The highest BCUT2D eigenvalue weighted by Crippen LogP contribution is 2.45. The normalized spacial score (nSPS) is 23.5. The number of benzene rings is 1. The van der Waals surface area contributed by atoms with E-state index in [9.17, 15) is 9.59 Å². The van der Waals surface area contributed by atoms with Crippen LogP contribution in [0.4, 0.5) is 0 Å². The number of likely N-dealkylation sites (tertiary alicyclic amines) is 1. The smallest absolute Gasteiger partial charge is 0.245 e. The molecule has 2 atom stereocenters. The summed E-state index contributed by atoms with van der Waals surface area (Å²) in [4.78, 5) is 29.8. The van der Waals surface area contributed by atoms with E-state index in [-0.39, 0.29) is 23.8 Å². The molecule has 1 aromatic carbocycles. The summed E-state index contributed by atoms with van der Waals surface area (Å²) >= 11 is 0.